The van der Waals surface area contributed by atoms with Gasteiger partial charge in [-0.2, -0.15) is 10.4 Å². The van der Waals surface area contributed by atoms with E-state index in [4.69, 9.17) is 19.9 Å². The standard InChI is InChI=1S/C15H16N5O3/c1-14(2)21-11-10(22-15(3,6-16)12(11)23-14)8-4-5-9-13(17)18-7-19-20(8)9/h4-5,7,10-12H,3H2,1-2H3,(H2,17,18,19)/t10-,11-,12-,15+/m0/s1. The van der Waals surface area contributed by atoms with Crippen LogP contribution in [0.4, 0.5) is 5.82 Å². The zero-order valence-electron chi connectivity index (χ0n) is 12.8. The van der Waals surface area contributed by atoms with Crippen molar-refractivity contribution in [3.05, 3.63) is 31.1 Å². The third-order valence-electron chi connectivity index (χ3n) is 4.22. The second-order valence-electron chi connectivity index (χ2n) is 6.26. The van der Waals surface area contributed by atoms with Gasteiger partial charge < -0.3 is 19.9 Å². The van der Waals surface area contributed by atoms with Crippen LogP contribution in [0.15, 0.2) is 18.5 Å². The number of anilines is 1. The molecular weight excluding hydrogens is 298 g/mol. The lowest BCUT2D eigenvalue weighted by Gasteiger charge is -2.26. The normalized spacial score (nSPS) is 35.3. The first kappa shape index (κ1) is 14.4. The first-order chi connectivity index (χ1) is 10.8. The van der Waals surface area contributed by atoms with Gasteiger partial charge in [-0.05, 0) is 32.9 Å². The lowest BCUT2D eigenvalue weighted by Crippen LogP contribution is -2.39. The van der Waals surface area contributed by atoms with E-state index in [1.54, 1.807) is 24.4 Å². The van der Waals surface area contributed by atoms with Crippen molar-refractivity contribution in [2.45, 2.75) is 43.5 Å². The van der Waals surface area contributed by atoms with Crippen molar-refractivity contribution < 1.29 is 14.2 Å². The van der Waals surface area contributed by atoms with Crippen LogP contribution in [0.2, 0.25) is 0 Å². The van der Waals surface area contributed by atoms with E-state index in [1.807, 2.05) is 6.07 Å². The molecule has 0 spiro atoms. The van der Waals surface area contributed by atoms with E-state index in [1.165, 1.54) is 6.33 Å². The molecule has 2 fully saturated rings. The lowest BCUT2D eigenvalue weighted by atomic mass is 9.97. The fraction of sp³-hybridized carbons (Fsp3) is 0.467. The van der Waals surface area contributed by atoms with E-state index >= 15 is 0 Å². The van der Waals surface area contributed by atoms with Gasteiger partial charge in [0.05, 0.1) is 5.69 Å². The minimum atomic E-state index is -1.34. The topological polar surface area (TPSA) is 108 Å². The molecule has 2 aliphatic heterocycles. The van der Waals surface area contributed by atoms with Gasteiger partial charge in [-0.25, -0.2) is 9.50 Å². The first-order valence-corrected chi connectivity index (χ1v) is 7.23. The quantitative estimate of drug-likeness (QED) is 0.836. The Morgan fingerprint density at radius 2 is 2.13 bits per heavy atom. The summed E-state index contributed by atoms with van der Waals surface area (Å²) in [5.41, 5.74) is 5.90. The number of ether oxygens (including phenoxy) is 3. The number of fused-ring (bicyclic) bond motifs is 2. The number of nitrogen functional groups attached to an aromatic ring is 1. The highest BCUT2D eigenvalue weighted by atomic mass is 16.8. The molecule has 0 bridgehead atoms. The van der Waals surface area contributed by atoms with Crippen LogP contribution in [0.5, 0.6) is 0 Å². The van der Waals surface area contributed by atoms with Crippen LogP contribution in [0.3, 0.4) is 0 Å². The lowest BCUT2D eigenvalue weighted by molar-refractivity contribution is -0.193. The summed E-state index contributed by atoms with van der Waals surface area (Å²) in [6.07, 6.45) is -0.222. The van der Waals surface area contributed by atoms with Crippen LogP contribution in [-0.2, 0) is 14.2 Å². The average Bonchev–Trinajstić information content (AvgIpc) is 3.12. The molecule has 0 unspecified atom stereocenters. The second-order valence-corrected chi connectivity index (χ2v) is 6.26. The third-order valence-corrected chi connectivity index (χ3v) is 4.22. The van der Waals surface area contributed by atoms with Gasteiger partial charge in [0.25, 0.3) is 0 Å². The molecular formula is C15H16N5O3. The van der Waals surface area contributed by atoms with Gasteiger partial charge in [-0.15, -0.1) is 0 Å². The highest BCUT2D eigenvalue weighted by Crippen LogP contribution is 2.49. The summed E-state index contributed by atoms with van der Waals surface area (Å²) in [7, 11) is 0. The molecule has 0 aliphatic carbocycles. The molecule has 0 amide bonds. The summed E-state index contributed by atoms with van der Waals surface area (Å²) in [4.78, 5) is 3.97. The number of aromatic nitrogens is 3. The van der Waals surface area contributed by atoms with Crippen molar-refractivity contribution in [3.63, 3.8) is 0 Å². The van der Waals surface area contributed by atoms with Crippen LogP contribution in [0, 0.1) is 18.3 Å². The Labute approximate surface area is 132 Å². The van der Waals surface area contributed by atoms with Gasteiger partial charge in [-0.3, -0.25) is 0 Å². The summed E-state index contributed by atoms with van der Waals surface area (Å²) in [5.74, 6) is -0.441. The van der Waals surface area contributed by atoms with E-state index in [-0.39, 0.29) is 0 Å². The summed E-state index contributed by atoms with van der Waals surface area (Å²) >= 11 is 0. The van der Waals surface area contributed by atoms with Gasteiger partial charge >= 0.3 is 0 Å². The molecule has 2 saturated heterocycles. The van der Waals surface area contributed by atoms with E-state index in [9.17, 15) is 5.26 Å². The first-order valence-electron chi connectivity index (χ1n) is 7.23. The second kappa shape index (κ2) is 4.41. The number of nitrogens with zero attached hydrogens (tertiary/aromatic N) is 4. The van der Waals surface area contributed by atoms with Crippen LogP contribution in [0.25, 0.3) is 5.52 Å². The van der Waals surface area contributed by atoms with Gasteiger partial charge in [0.1, 0.15) is 36.2 Å². The van der Waals surface area contributed by atoms with Gasteiger partial charge in [0.15, 0.2) is 17.2 Å². The maximum Gasteiger partial charge on any atom is 0.184 e. The predicted molar refractivity (Wildman–Crippen MR) is 78.8 cm³/mol. The molecule has 2 N–H and O–H groups in total. The molecule has 4 rings (SSSR count). The molecule has 2 aromatic heterocycles. The van der Waals surface area contributed by atoms with Gasteiger partial charge in [0.2, 0.25) is 0 Å². The highest BCUT2D eigenvalue weighted by molar-refractivity contribution is 5.65. The Morgan fingerprint density at radius 1 is 1.35 bits per heavy atom. The van der Waals surface area contributed by atoms with E-state index in [0.717, 1.165) is 0 Å². The Bertz CT molecular complexity index is 826. The molecule has 23 heavy (non-hydrogen) atoms. The fourth-order valence-electron chi connectivity index (χ4n) is 3.24. The maximum absolute atomic E-state index is 9.49. The van der Waals surface area contributed by atoms with Crippen LogP contribution < -0.4 is 5.73 Å². The van der Waals surface area contributed by atoms with Gasteiger partial charge in [0, 0.05) is 0 Å². The molecule has 2 aliphatic rings. The third kappa shape index (κ3) is 1.94. The monoisotopic (exact) mass is 314 g/mol. The summed E-state index contributed by atoms with van der Waals surface area (Å²) in [5, 5.41) is 13.7. The molecule has 8 heteroatoms. The molecule has 0 aromatic carbocycles. The zero-order valence-corrected chi connectivity index (χ0v) is 12.8. The van der Waals surface area contributed by atoms with E-state index in [0.29, 0.717) is 17.0 Å². The van der Waals surface area contributed by atoms with Crippen molar-refractivity contribution in [2.24, 2.45) is 0 Å². The van der Waals surface area contributed by atoms with Crippen LogP contribution in [-0.4, -0.2) is 38.2 Å². The van der Waals surface area contributed by atoms with Crippen LogP contribution in [0.1, 0.15) is 25.6 Å². The zero-order chi connectivity index (χ0) is 16.4. The molecule has 1 radical (unpaired) electrons. The Morgan fingerprint density at radius 3 is 2.87 bits per heavy atom. The number of hydrogen-bond acceptors (Lipinski definition) is 7. The van der Waals surface area contributed by atoms with Crippen molar-refractivity contribution in [3.8, 4) is 6.07 Å². The minimum absolute atomic E-state index is 0.367. The molecule has 119 valence electrons. The number of nitrogens with two attached hydrogens (primary N) is 1. The molecule has 4 atom stereocenters. The van der Waals surface area contributed by atoms with Crippen molar-refractivity contribution in [1.29, 1.82) is 5.26 Å². The molecule has 2 aromatic rings. The Hall–Kier alpha value is -2.21. The van der Waals surface area contributed by atoms with Crippen molar-refractivity contribution in [1.82, 2.24) is 14.6 Å². The number of nitriles is 1. The Kier molecular flexibility index (Phi) is 2.76. The smallest absolute Gasteiger partial charge is 0.184 e. The molecule has 0 saturated carbocycles. The fourth-order valence-corrected chi connectivity index (χ4v) is 3.24. The summed E-state index contributed by atoms with van der Waals surface area (Å²) < 4.78 is 19.4. The van der Waals surface area contributed by atoms with Crippen molar-refractivity contribution >= 4 is 11.3 Å². The summed E-state index contributed by atoms with van der Waals surface area (Å²) in [6, 6.07) is 5.73. The SMILES string of the molecule is [CH2][C@]1(C#N)O[C@@H](c2ccc3c(N)ncnn23)[C@@H]2OC(C)(C)O[C@@H]21. The average molecular weight is 314 g/mol. The van der Waals surface area contributed by atoms with E-state index in [2.05, 4.69) is 23.1 Å². The number of hydrogen-bond donors (Lipinski definition) is 1. The number of rotatable bonds is 1. The van der Waals surface area contributed by atoms with E-state index < -0.39 is 29.7 Å². The van der Waals surface area contributed by atoms with Crippen LogP contribution >= 0.6 is 0 Å². The van der Waals surface area contributed by atoms with Crippen molar-refractivity contribution in [2.75, 3.05) is 5.73 Å². The minimum Gasteiger partial charge on any atom is -0.382 e. The van der Waals surface area contributed by atoms with Gasteiger partial charge in [-0.1, -0.05) is 0 Å². The largest absolute Gasteiger partial charge is 0.382 e. The molecule has 4 heterocycles. The highest BCUT2D eigenvalue weighted by Gasteiger charge is 2.62. The summed E-state index contributed by atoms with van der Waals surface area (Å²) in [6.45, 7) is 7.50. The Balaban J connectivity index is 1.82. The maximum atomic E-state index is 9.49. The molecule has 8 nitrogen and oxygen atoms in total. The predicted octanol–water partition coefficient (Wildman–Crippen LogP) is 0.999.